The lowest BCUT2D eigenvalue weighted by atomic mass is 9.70. The zero-order chi connectivity index (χ0) is 58.4. The molecule has 18 atom stereocenters. The third kappa shape index (κ3) is 22.4. The number of primary amides is 1. The Balaban J connectivity index is 1.77. The van der Waals surface area contributed by atoms with Crippen molar-refractivity contribution in [1.29, 1.82) is 0 Å². The fourth-order valence-corrected chi connectivity index (χ4v) is 10.5. The number of unbranched alkanes of at least 4 members (excludes halogenated alkanes) is 3. The molecule has 6 radical (unpaired) electrons. The highest BCUT2D eigenvalue weighted by Gasteiger charge is 2.43. The highest BCUT2D eigenvalue weighted by molar-refractivity contribution is 6.13. The van der Waals surface area contributed by atoms with Gasteiger partial charge in [-0.1, -0.05) is 26.7 Å². The van der Waals surface area contributed by atoms with Gasteiger partial charge in [-0.2, -0.15) is 0 Å². The van der Waals surface area contributed by atoms with Crippen LogP contribution in [-0.4, -0.2) is 204 Å². The SMILES string of the molecule is [3H]N(CCCC[C@H]1O[C@H](C)[C@H](O)[C@H]([B])[C@H]1NC(C)=O)CC(=O)N(CCCC[C@@H]1O[C@@H](C)[C@@H](O)[C@@H]([B])[C@@H]1NC(C)=O)CC(=O)C(CCCC[C@H]1O[C@H](C)[C@H](O)[C@H]([B])[C@H]1NC(C)=O)COCNCNC(=O)C(CC)CC(C)C(N)=O. The van der Waals surface area contributed by atoms with Crippen molar-refractivity contribution >= 4 is 64.8 Å². The second-order valence-electron chi connectivity index (χ2n) is 21.5. The van der Waals surface area contributed by atoms with E-state index in [1.54, 1.807) is 27.7 Å². The summed E-state index contributed by atoms with van der Waals surface area (Å²) in [4.78, 5) is 90.9. The van der Waals surface area contributed by atoms with Crippen molar-refractivity contribution in [3.05, 3.63) is 0 Å². The molecule has 0 spiro atoms. The molecule has 22 nitrogen and oxygen atoms in total. The Labute approximate surface area is 462 Å². The Morgan fingerprint density at radius 2 is 1.16 bits per heavy atom. The molecule has 432 valence electrons. The van der Waals surface area contributed by atoms with E-state index in [1.807, 2.05) is 6.92 Å². The van der Waals surface area contributed by atoms with Crippen LogP contribution in [0.25, 0.3) is 0 Å². The van der Waals surface area contributed by atoms with Crippen molar-refractivity contribution in [3.63, 3.8) is 0 Å². The molecule has 0 saturated carbocycles. The molecule has 0 aromatic rings. The first kappa shape index (κ1) is 65.8. The highest BCUT2D eigenvalue weighted by atomic mass is 16.5. The minimum absolute atomic E-state index is 0.0437. The van der Waals surface area contributed by atoms with Crippen molar-refractivity contribution in [2.24, 2.45) is 23.5 Å². The minimum Gasteiger partial charge on any atom is -0.391 e. The number of rotatable bonds is 34. The van der Waals surface area contributed by atoms with Gasteiger partial charge in [-0.3, -0.25) is 38.9 Å². The van der Waals surface area contributed by atoms with Gasteiger partial charge in [0.1, 0.15) is 1.41 Å². The van der Waals surface area contributed by atoms with E-state index < -0.39 is 120 Å². The molecule has 3 heterocycles. The van der Waals surface area contributed by atoms with Crippen LogP contribution in [0.5, 0.6) is 0 Å². The third-order valence-electron chi connectivity index (χ3n) is 15.2. The average Bonchev–Trinajstić information content (AvgIpc) is 3.37. The molecule has 0 aromatic heterocycles. The number of nitrogens with one attached hydrogen (secondary N) is 6. The zero-order valence-corrected chi connectivity index (χ0v) is 46.9. The van der Waals surface area contributed by atoms with E-state index in [0.717, 1.165) is 5.31 Å². The number of carbonyl (C=O) groups excluding carboxylic acids is 7. The van der Waals surface area contributed by atoms with Crippen LogP contribution in [0, 0.1) is 17.8 Å². The smallest absolute Gasteiger partial charge is 0.236 e. The van der Waals surface area contributed by atoms with Gasteiger partial charge in [-0.05, 0) is 109 Å². The predicted octanol–water partition coefficient (Wildman–Crippen LogP) is -0.504. The number of ether oxygens (including phenoxy) is 4. The molecule has 0 aromatic carbocycles. The number of hydrogen-bond donors (Lipinski definition) is 10. The van der Waals surface area contributed by atoms with Gasteiger partial charge in [-0.25, -0.2) is 0 Å². The second-order valence-corrected chi connectivity index (χ2v) is 21.5. The molecule has 11 N–H and O–H groups in total. The lowest BCUT2D eigenvalue weighted by Gasteiger charge is -2.43. The largest absolute Gasteiger partial charge is 0.391 e. The molecular weight excluding hydrogens is 993 g/mol. The van der Waals surface area contributed by atoms with Gasteiger partial charge in [0.05, 0.1) is 130 Å². The van der Waals surface area contributed by atoms with Crippen LogP contribution in [-0.2, 0) is 52.5 Å². The first-order valence-corrected chi connectivity index (χ1v) is 27.8. The zero-order valence-electron chi connectivity index (χ0n) is 47.9. The van der Waals surface area contributed by atoms with Gasteiger partial charge in [-0.15, -0.1) is 0 Å². The maximum absolute atomic E-state index is 14.5. The Morgan fingerprint density at radius 3 is 1.60 bits per heavy atom. The first-order valence-electron chi connectivity index (χ1n) is 28.2. The van der Waals surface area contributed by atoms with Crippen molar-refractivity contribution in [1.82, 2.24) is 36.8 Å². The summed E-state index contributed by atoms with van der Waals surface area (Å²) in [7, 11) is 19.0. The lowest BCUT2D eigenvalue weighted by Crippen LogP contribution is -2.57. The Morgan fingerprint density at radius 1 is 0.701 bits per heavy atom. The maximum atomic E-state index is 14.5. The van der Waals surface area contributed by atoms with Gasteiger partial charge < -0.3 is 71.5 Å². The number of ketones is 1. The van der Waals surface area contributed by atoms with Crippen molar-refractivity contribution in [2.45, 2.75) is 223 Å². The molecule has 3 aliphatic rings. The summed E-state index contributed by atoms with van der Waals surface area (Å²) in [5.41, 5.74) is 5.42. The Bertz CT molecular complexity index is 1910. The van der Waals surface area contributed by atoms with E-state index in [2.05, 4.69) is 26.6 Å². The van der Waals surface area contributed by atoms with Gasteiger partial charge in [0.15, 0.2) is 5.78 Å². The standard InChI is InChI=1S/C52H91B3N8O14/c1-9-35(22-28(2)51(56)72)52(73)59-26-58-27-74-25-36(16-10-11-17-38-45(60-32(6)64)42(53)48(69)29(3)75-38)37(67)24-63(21-15-13-19-40-47(62-34(8)66)44(55)50(71)31(5)77-40)41(68)23-57-20-14-12-18-39-46(61-33(7)65)43(54)49(70)30(4)76-39/h28-31,35-36,38-40,42-50,57-58,69-71H,9-27H2,1-8H3,(H2,56,72)(H,59,73)(H,60,64)(H,61,65)(H,62,66)/t28?,29-,30-,31+,35?,36?,38-,39-,40+,42-,43-,44+,45+,46+,47-,48+,49+,50-/m1/s1/i/hT. The Hall–Kier alpha value is -3.68. The van der Waals surface area contributed by atoms with Crippen LogP contribution >= 0.6 is 0 Å². The quantitative estimate of drug-likeness (QED) is 0.0221. The molecular formula is C52H91B3N8O14. The summed E-state index contributed by atoms with van der Waals surface area (Å²) in [6, 6.07) is -1.92. The second kappa shape index (κ2) is 34.5. The fraction of sp³-hybridized carbons (Fsp3) is 0.865. The van der Waals surface area contributed by atoms with Crippen molar-refractivity contribution < 1.29 is 69.2 Å². The summed E-state index contributed by atoms with van der Waals surface area (Å²) in [5.74, 6) is -6.35. The number of nitrogens with two attached hydrogens (primary N) is 1. The molecule has 3 rings (SSSR count). The number of nitrogens with zero attached hydrogens (tertiary/aromatic N) is 1. The molecule has 25 heteroatoms. The predicted molar refractivity (Wildman–Crippen MR) is 290 cm³/mol. The van der Waals surface area contributed by atoms with Gasteiger partial charge >= 0.3 is 0 Å². The summed E-state index contributed by atoms with van der Waals surface area (Å²) in [6.07, 6.45) is -0.735. The molecule has 6 amide bonds. The van der Waals surface area contributed by atoms with Gasteiger partial charge in [0.2, 0.25) is 35.4 Å². The monoisotopic (exact) mass is 1090 g/mol. The van der Waals surface area contributed by atoms with Crippen LogP contribution in [0.15, 0.2) is 0 Å². The summed E-state index contributed by atoms with van der Waals surface area (Å²) >= 11 is 0. The average molecular weight is 1090 g/mol. The van der Waals surface area contributed by atoms with Crippen LogP contribution in [0.2, 0.25) is 18.9 Å². The number of aliphatic hydroxyl groups is 3. The number of carbonyl (C=O) groups is 7. The summed E-state index contributed by atoms with van der Waals surface area (Å²) < 4.78 is 33.0. The van der Waals surface area contributed by atoms with E-state index >= 15 is 0 Å². The third-order valence-corrected chi connectivity index (χ3v) is 15.2. The molecule has 3 saturated heterocycles. The fourth-order valence-electron chi connectivity index (χ4n) is 10.5. The normalized spacial score (nSPS) is 30.8. The van der Waals surface area contributed by atoms with E-state index in [-0.39, 0.29) is 75.6 Å². The van der Waals surface area contributed by atoms with Crippen LogP contribution in [0.3, 0.4) is 0 Å². The van der Waals surface area contributed by atoms with Crippen molar-refractivity contribution in [2.75, 3.05) is 46.2 Å². The lowest BCUT2D eigenvalue weighted by molar-refractivity contribution is -0.138. The van der Waals surface area contributed by atoms with Crippen LogP contribution in [0.4, 0.5) is 0 Å². The molecule has 0 bridgehead atoms. The number of amides is 6. The number of aliphatic hydroxyl groups excluding tert-OH is 3. The van der Waals surface area contributed by atoms with Crippen LogP contribution < -0.4 is 37.6 Å². The molecule has 3 unspecified atom stereocenters. The summed E-state index contributed by atoms with van der Waals surface area (Å²) in [5, 5.41) is 47.1. The van der Waals surface area contributed by atoms with Crippen LogP contribution in [0.1, 0.15) is 132 Å². The number of Topliss-reactive ketones (excluding diaryl/α,β-unsaturated/α-hetero) is 1. The van der Waals surface area contributed by atoms with Gasteiger partial charge in [0, 0.05) is 45.1 Å². The van der Waals surface area contributed by atoms with E-state index in [1.165, 1.54) is 25.7 Å². The minimum atomic E-state index is -1.00. The van der Waals surface area contributed by atoms with E-state index in [0.29, 0.717) is 77.0 Å². The Kier molecular flexibility index (Phi) is 29.5. The molecule has 0 aliphatic carbocycles. The molecule has 3 aliphatic heterocycles. The topological polar surface area (TPSA) is 319 Å². The van der Waals surface area contributed by atoms with E-state index in [9.17, 15) is 48.9 Å². The highest BCUT2D eigenvalue weighted by Crippen LogP contribution is 2.34. The van der Waals surface area contributed by atoms with E-state index in [4.69, 9.17) is 49.6 Å². The maximum Gasteiger partial charge on any atom is 0.236 e. The van der Waals surface area contributed by atoms with Crippen molar-refractivity contribution in [3.8, 4) is 0 Å². The molecule has 77 heavy (non-hydrogen) atoms. The van der Waals surface area contributed by atoms with Gasteiger partial charge in [0.25, 0.3) is 0 Å². The number of hydrogen-bond acceptors (Lipinski definition) is 16. The summed E-state index contributed by atoms with van der Waals surface area (Å²) in [6.45, 7) is 12.4. The first-order chi connectivity index (χ1) is 36.8. The molecule has 3 fully saturated rings.